The third-order valence-corrected chi connectivity index (χ3v) is 4.07. The Labute approximate surface area is 146 Å². The van der Waals surface area contributed by atoms with Crippen LogP contribution in [-0.4, -0.2) is 14.5 Å². The van der Waals surface area contributed by atoms with E-state index in [1.54, 1.807) is 10.8 Å². The van der Waals surface area contributed by atoms with Crippen LogP contribution in [0.4, 0.5) is 5.95 Å². The highest BCUT2D eigenvalue weighted by molar-refractivity contribution is 5.47. The largest absolute Gasteiger partial charge is 0.368 e. The maximum Gasteiger partial charge on any atom is 0.271 e. The van der Waals surface area contributed by atoms with Crippen molar-refractivity contribution >= 4 is 5.95 Å². The van der Waals surface area contributed by atoms with E-state index >= 15 is 0 Å². The molecular formula is C20H18N4O. The molecule has 3 rings (SSSR count). The van der Waals surface area contributed by atoms with Gasteiger partial charge in [-0.05, 0) is 55.7 Å². The molecule has 0 aliphatic heterocycles. The van der Waals surface area contributed by atoms with Crippen molar-refractivity contribution in [2.24, 2.45) is 0 Å². The van der Waals surface area contributed by atoms with Gasteiger partial charge in [0.2, 0.25) is 5.95 Å². The molecule has 2 N–H and O–H groups in total. The fourth-order valence-corrected chi connectivity index (χ4v) is 2.39. The van der Waals surface area contributed by atoms with E-state index in [9.17, 15) is 4.79 Å². The summed E-state index contributed by atoms with van der Waals surface area (Å²) >= 11 is 0. The smallest absolute Gasteiger partial charge is 0.271 e. The van der Waals surface area contributed by atoms with Crippen molar-refractivity contribution in [1.29, 1.82) is 0 Å². The Hall–Kier alpha value is -3.39. The van der Waals surface area contributed by atoms with Gasteiger partial charge in [-0.1, -0.05) is 17.9 Å². The number of hydrogen-bond donors (Lipinski definition) is 1. The molecule has 0 bridgehead atoms. The van der Waals surface area contributed by atoms with Crippen molar-refractivity contribution in [3.63, 3.8) is 0 Å². The van der Waals surface area contributed by atoms with Gasteiger partial charge in [0.25, 0.3) is 5.56 Å². The SMILES string of the molecule is Cc1ccc(-n2ccc(C)c(C#Cc3cnc(N)nc3)c2=O)cc1C. The van der Waals surface area contributed by atoms with E-state index in [2.05, 4.69) is 21.8 Å². The maximum atomic E-state index is 12.9. The summed E-state index contributed by atoms with van der Waals surface area (Å²) in [6.45, 7) is 5.94. The van der Waals surface area contributed by atoms with E-state index in [-0.39, 0.29) is 11.5 Å². The predicted molar refractivity (Wildman–Crippen MR) is 98.7 cm³/mol. The summed E-state index contributed by atoms with van der Waals surface area (Å²) < 4.78 is 1.61. The Kier molecular flexibility index (Phi) is 4.36. The highest BCUT2D eigenvalue weighted by Crippen LogP contribution is 2.13. The molecule has 0 unspecified atom stereocenters. The lowest BCUT2D eigenvalue weighted by Gasteiger charge is -2.10. The molecule has 2 aromatic heterocycles. The zero-order valence-electron chi connectivity index (χ0n) is 14.4. The molecule has 0 aliphatic carbocycles. The van der Waals surface area contributed by atoms with Crippen LogP contribution in [0.5, 0.6) is 0 Å². The van der Waals surface area contributed by atoms with Crippen LogP contribution < -0.4 is 11.3 Å². The third kappa shape index (κ3) is 3.43. The molecule has 3 aromatic rings. The topological polar surface area (TPSA) is 73.8 Å². The summed E-state index contributed by atoms with van der Waals surface area (Å²) in [5.74, 6) is 6.07. The standard InChI is InChI=1S/C20H18N4O/c1-13-4-6-17(10-15(13)3)24-9-8-14(2)18(19(24)25)7-5-16-11-22-20(21)23-12-16/h4,6,8-12H,1-3H3,(H2,21,22,23). The maximum absolute atomic E-state index is 12.9. The number of aryl methyl sites for hydroxylation is 3. The fraction of sp³-hybridized carbons (Fsp3) is 0.150. The number of benzene rings is 1. The minimum absolute atomic E-state index is 0.146. The summed E-state index contributed by atoms with van der Waals surface area (Å²) in [5, 5.41) is 0. The first kappa shape index (κ1) is 16.5. The number of hydrogen-bond acceptors (Lipinski definition) is 4. The van der Waals surface area contributed by atoms with Crippen molar-refractivity contribution in [2.75, 3.05) is 5.73 Å². The van der Waals surface area contributed by atoms with Gasteiger partial charge in [-0.15, -0.1) is 0 Å². The molecule has 0 fully saturated rings. The number of rotatable bonds is 1. The van der Waals surface area contributed by atoms with Gasteiger partial charge in [-0.3, -0.25) is 9.36 Å². The van der Waals surface area contributed by atoms with Gasteiger partial charge < -0.3 is 5.73 Å². The van der Waals surface area contributed by atoms with Gasteiger partial charge in [0.1, 0.15) is 0 Å². The van der Waals surface area contributed by atoms with Crippen LogP contribution in [-0.2, 0) is 0 Å². The minimum atomic E-state index is -0.146. The Morgan fingerprint density at radius 3 is 2.36 bits per heavy atom. The fourth-order valence-electron chi connectivity index (χ4n) is 2.39. The monoisotopic (exact) mass is 330 g/mol. The van der Waals surface area contributed by atoms with Crippen molar-refractivity contribution < 1.29 is 0 Å². The Bertz CT molecular complexity index is 1050. The molecule has 0 atom stereocenters. The number of pyridine rings is 1. The number of nitrogens with two attached hydrogens (primary N) is 1. The van der Waals surface area contributed by atoms with E-state index in [4.69, 9.17) is 5.73 Å². The van der Waals surface area contributed by atoms with Gasteiger partial charge in [-0.2, -0.15) is 0 Å². The van der Waals surface area contributed by atoms with Gasteiger partial charge >= 0.3 is 0 Å². The average Bonchev–Trinajstić information content (AvgIpc) is 2.59. The van der Waals surface area contributed by atoms with Crippen LogP contribution in [0.2, 0.25) is 0 Å². The molecule has 5 nitrogen and oxygen atoms in total. The number of nitrogen functional groups attached to an aromatic ring is 1. The molecule has 0 saturated carbocycles. The lowest BCUT2D eigenvalue weighted by atomic mass is 10.1. The van der Waals surface area contributed by atoms with E-state index in [0.29, 0.717) is 11.1 Å². The predicted octanol–water partition coefficient (Wildman–Crippen LogP) is 2.53. The molecule has 5 heteroatoms. The van der Waals surface area contributed by atoms with E-state index < -0.39 is 0 Å². The summed E-state index contributed by atoms with van der Waals surface area (Å²) in [6, 6.07) is 7.83. The summed E-state index contributed by atoms with van der Waals surface area (Å²) in [4.78, 5) is 20.7. The highest BCUT2D eigenvalue weighted by atomic mass is 16.1. The molecule has 124 valence electrons. The van der Waals surface area contributed by atoms with E-state index in [0.717, 1.165) is 16.8 Å². The van der Waals surface area contributed by atoms with Crippen molar-refractivity contribution in [2.45, 2.75) is 20.8 Å². The second-order valence-electron chi connectivity index (χ2n) is 5.90. The number of anilines is 1. The number of nitrogens with zero attached hydrogens (tertiary/aromatic N) is 3. The molecule has 1 aromatic carbocycles. The van der Waals surface area contributed by atoms with Crippen LogP contribution in [0.3, 0.4) is 0 Å². The molecule has 0 radical (unpaired) electrons. The molecular weight excluding hydrogens is 312 g/mol. The van der Waals surface area contributed by atoms with Crippen LogP contribution in [0.25, 0.3) is 5.69 Å². The molecule has 25 heavy (non-hydrogen) atoms. The van der Waals surface area contributed by atoms with Gasteiger partial charge in [0, 0.05) is 24.3 Å². The minimum Gasteiger partial charge on any atom is -0.368 e. The lowest BCUT2D eigenvalue weighted by Crippen LogP contribution is -2.21. The van der Waals surface area contributed by atoms with Crippen molar-refractivity contribution in [3.8, 4) is 17.5 Å². The first-order valence-corrected chi connectivity index (χ1v) is 7.85. The van der Waals surface area contributed by atoms with Crippen LogP contribution >= 0.6 is 0 Å². The zero-order chi connectivity index (χ0) is 18.0. The van der Waals surface area contributed by atoms with Gasteiger partial charge in [0.15, 0.2) is 0 Å². The van der Waals surface area contributed by atoms with Crippen molar-refractivity contribution in [1.82, 2.24) is 14.5 Å². The van der Waals surface area contributed by atoms with Crippen molar-refractivity contribution in [3.05, 3.63) is 81.0 Å². The third-order valence-electron chi connectivity index (χ3n) is 4.07. The molecule has 2 heterocycles. The Morgan fingerprint density at radius 1 is 0.960 bits per heavy atom. The zero-order valence-corrected chi connectivity index (χ0v) is 14.4. The highest BCUT2D eigenvalue weighted by Gasteiger charge is 2.07. The average molecular weight is 330 g/mol. The lowest BCUT2D eigenvalue weighted by molar-refractivity contribution is 0.971. The van der Waals surface area contributed by atoms with Crippen LogP contribution in [0, 0.1) is 32.6 Å². The Balaban J connectivity index is 2.08. The van der Waals surface area contributed by atoms with E-state index in [1.165, 1.54) is 18.0 Å². The summed E-state index contributed by atoms with van der Waals surface area (Å²) in [5.41, 5.74) is 10.4. The van der Waals surface area contributed by atoms with Crippen LogP contribution in [0.15, 0.2) is 47.7 Å². The Morgan fingerprint density at radius 2 is 1.68 bits per heavy atom. The first-order chi connectivity index (χ1) is 12.0. The van der Waals surface area contributed by atoms with Gasteiger partial charge in [0.05, 0.1) is 11.1 Å². The number of aromatic nitrogens is 3. The van der Waals surface area contributed by atoms with E-state index in [1.807, 2.05) is 45.0 Å². The molecule has 0 aliphatic rings. The van der Waals surface area contributed by atoms with Gasteiger partial charge in [-0.25, -0.2) is 9.97 Å². The summed E-state index contributed by atoms with van der Waals surface area (Å²) in [6.07, 6.45) is 4.85. The summed E-state index contributed by atoms with van der Waals surface area (Å²) in [7, 11) is 0. The normalized spacial score (nSPS) is 10.2. The molecule has 0 amide bonds. The van der Waals surface area contributed by atoms with Crippen LogP contribution in [0.1, 0.15) is 27.8 Å². The molecule has 0 saturated heterocycles. The first-order valence-electron chi connectivity index (χ1n) is 7.85. The second-order valence-corrected chi connectivity index (χ2v) is 5.90. The molecule has 0 spiro atoms. The second kappa shape index (κ2) is 6.62. The quantitative estimate of drug-likeness (QED) is 0.696.